The van der Waals surface area contributed by atoms with Crippen LogP contribution in [0.2, 0.25) is 0 Å². The number of unbranched alkanes of at least 4 members (excludes halogenated alkanes) is 4. The second kappa shape index (κ2) is 15.2. The molecule has 4 rings (SSSR count). The third-order valence-electron chi connectivity index (χ3n) is 7.88. The van der Waals surface area contributed by atoms with Gasteiger partial charge in [0, 0.05) is 29.5 Å². The molecule has 6 heteroatoms. The lowest BCUT2D eigenvalue weighted by atomic mass is 9.77. The molecule has 0 radical (unpaired) electrons. The molecule has 2 aliphatic rings. The summed E-state index contributed by atoms with van der Waals surface area (Å²) in [5, 5.41) is 0. The summed E-state index contributed by atoms with van der Waals surface area (Å²) in [5.41, 5.74) is 2.22. The standard InChI is InChI=1S/C31H44N2O2S2/c1-3-5-7-9-23-11-13-24(14-12-23)26-19-32-30(33-20-26)25-15-17-28(18-16-25)35-31(34)27-21-36-29(37-22-27)10-8-6-4-2/h15-20,23-24,27,29H,3-14,21-22H2,1-2H3. The van der Waals surface area contributed by atoms with Crippen molar-refractivity contribution in [3.05, 3.63) is 42.2 Å². The van der Waals surface area contributed by atoms with Gasteiger partial charge in [0.2, 0.25) is 0 Å². The summed E-state index contributed by atoms with van der Waals surface area (Å²) in [6, 6.07) is 7.63. The van der Waals surface area contributed by atoms with Gasteiger partial charge in [0.15, 0.2) is 5.82 Å². The molecular formula is C31H44N2O2S2. The van der Waals surface area contributed by atoms with E-state index in [1.807, 2.05) is 60.2 Å². The van der Waals surface area contributed by atoms with Gasteiger partial charge in [0.1, 0.15) is 5.75 Å². The van der Waals surface area contributed by atoms with Crippen LogP contribution in [0.1, 0.15) is 102 Å². The smallest absolute Gasteiger partial charge is 0.316 e. The highest BCUT2D eigenvalue weighted by Crippen LogP contribution is 2.38. The molecule has 1 aromatic heterocycles. The van der Waals surface area contributed by atoms with Crippen LogP contribution < -0.4 is 4.74 Å². The van der Waals surface area contributed by atoms with E-state index in [4.69, 9.17) is 4.74 Å². The van der Waals surface area contributed by atoms with Gasteiger partial charge >= 0.3 is 5.97 Å². The summed E-state index contributed by atoms with van der Waals surface area (Å²) in [6.07, 6.45) is 19.8. The van der Waals surface area contributed by atoms with Gasteiger partial charge in [0.05, 0.1) is 10.5 Å². The number of ether oxygens (including phenoxy) is 1. The lowest BCUT2D eigenvalue weighted by molar-refractivity contribution is -0.137. The number of carbonyl (C=O) groups is 1. The fourth-order valence-electron chi connectivity index (χ4n) is 5.44. The molecule has 1 saturated carbocycles. The molecule has 2 heterocycles. The van der Waals surface area contributed by atoms with Gasteiger partial charge in [0.25, 0.3) is 0 Å². The number of esters is 1. The summed E-state index contributed by atoms with van der Waals surface area (Å²) < 4.78 is 6.34. The van der Waals surface area contributed by atoms with E-state index < -0.39 is 0 Å². The largest absolute Gasteiger partial charge is 0.426 e. The molecule has 0 bridgehead atoms. The van der Waals surface area contributed by atoms with Crippen LogP contribution in [0.5, 0.6) is 5.75 Å². The van der Waals surface area contributed by atoms with Crippen molar-refractivity contribution in [2.24, 2.45) is 11.8 Å². The Morgan fingerprint density at radius 3 is 2.11 bits per heavy atom. The fraction of sp³-hybridized carbons (Fsp3) is 0.645. The zero-order chi connectivity index (χ0) is 25.9. The van der Waals surface area contributed by atoms with Crippen molar-refractivity contribution in [2.75, 3.05) is 11.5 Å². The first-order valence-electron chi connectivity index (χ1n) is 14.5. The molecule has 0 N–H and O–H groups in total. The van der Waals surface area contributed by atoms with E-state index in [1.165, 1.54) is 82.6 Å². The van der Waals surface area contributed by atoms with E-state index >= 15 is 0 Å². The van der Waals surface area contributed by atoms with E-state index in [0.29, 0.717) is 16.2 Å². The molecule has 4 nitrogen and oxygen atoms in total. The molecule has 1 aliphatic carbocycles. The monoisotopic (exact) mass is 540 g/mol. The Kier molecular flexibility index (Phi) is 11.7. The highest BCUT2D eigenvalue weighted by atomic mass is 32.2. The molecule has 1 aromatic carbocycles. The highest BCUT2D eigenvalue weighted by Gasteiger charge is 2.28. The number of aromatic nitrogens is 2. The molecule has 0 atom stereocenters. The zero-order valence-corrected chi connectivity index (χ0v) is 24.3. The molecule has 2 aromatic rings. The Morgan fingerprint density at radius 2 is 1.49 bits per heavy atom. The van der Waals surface area contributed by atoms with Crippen molar-refractivity contribution in [1.82, 2.24) is 9.97 Å². The van der Waals surface area contributed by atoms with Gasteiger partial charge in [-0.2, -0.15) is 0 Å². The Labute approximate surface area is 232 Å². The summed E-state index contributed by atoms with van der Waals surface area (Å²) in [7, 11) is 0. The average Bonchev–Trinajstić information content (AvgIpc) is 2.95. The van der Waals surface area contributed by atoms with E-state index in [-0.39, 0.29) is 11.9 Å². The van der Waals surface area contributed by atoms with Gasteiger partial charge in [-0.25, -0.2) is 9.97 Å². The van der Waals surface area contributed by atoms with Crippen LogP contribution >= 0.6 is 23.5 Å². The molecular weight excluding hydrogens is 496 g/mol. The predicted octanol–water partition coefficient (Wildman–Crippen LogP) is 8.91. The summed E-state index contributed by atoms with van der Waals surface area (Å²) >= 11 is 3.84. The molecule has 2 fully saturated rings. The van der Waals surface area contributed by atoms with Crippen LogP contribution in [-0.2, 0) is 4.79 Å². The normalized spacial score (nSPS) is 24.1. The van der Waals surface area contributed by atoms with Crippen molar-refractivity contribution < 1.29 is 9.53 Å². The Hall–Kier alpha value is -1.53. The molecule has 202 valence electrons. The minimum atomic E-state index is -0.111. The minimum Gasteiger partial charge on any atom is -0.426 e. The quantitative estimate of drug-likeness (QED) is 0.152. The van der Waals surface area contributed by atoms with Crippen molar-refractivity contribution in [3.63, 3.8) is 0 Å². The second-order valence-electron chi connectivity index (χ2n) is 10.8. The maximum absolute atomic E-state index is 12.7. The summed E-state index contributed by atoms with van der Waals surface area (Å²) in [5.74, 6) is 4.42. The minimum absolute atomic E-state index is 0.0283. The van der Waals surface area contributed by atoms with E-state index in [9.17, 15) is 4.79 Å². The number of hydrogen-bond acceptors (Lipinski definition) is 6. The van der Waals surface area contributed by atoms with Crippen LogP contribution in [0.15, 0.2) is 36.7 Å². The summed E-state index contributed by atoms with van der Waals surface area (Å²) in [6.45, 7) is 4.52. The van der Waals surface area contributed by atoms with Crippen molar-refractivity contribution in [3.8, 4) is 17.1 Å². The molecule has 0 amide bonds. The third-order valence-corrected chi connectivity index (χ3v) is 11.1. The Bertz CT molecular complexity index is 935. The lowest BCUT2D eigenvalue weighted by Gasteiger charge is -2.28. The Balaban J connectivity index is 1.22. The maximum atomic E-state index is 12.7. The lowest BCUT2D eigenvalue weighted by Crippen LogP contribution is -2.29. The first-order valence-corrected chi connectivity index (χ1v) is 16.6. The first-order chi connectivity index (χ1) is 18.2. The molecule has 0 spiro atoms. The van der Waals surface area contributed by atoms with E-state index in [0.717, 1.165) is 28.8 Å². The van der Waals surface area contributed by atoms with Crippen molar-refractivity contribution in [2.45, 2.75) is 101 Å². The van der Waals surface area contributed by atoms with Gasteiger partial charge in [-0.3, -0.25) is 4.79 Å². The van der Waals surface area contributed by atoms with E-state index in [1.54, 1.807) is 0 Å². The summed E-state index contributed by atoms with van der Waals surface area (Å²) in [4.78, 5) is 22.0. The fourth-order valence-corrected chi connectivity index (χ4v) is 8.52. The van der Waals surface area contributed by atoms with Crippen LogP contribution in [0.3, 0.4) is 0 Å². The number of benzene rings is 1. The SMILES string of the molecule is CCCCCC1CCC(c2cnc(-c3ccc(OC(=O)C4CSC(CCCCC)SC4)cc3)nc2)CC1. The molecule has 37 heavy (non-hydrogen) atoms. The van der Waals surface area contributed by atoms with Crippen LogP contribution in [-0.4, -0.2) is 32.0 Å². The Morgan fingerprint density at radius 1 is 0.865 bits per heavy atom. The van der Waals surface area contributed by atoms with Crippen molar-refractivity contribution in [1.29, 1.82) is 0 Å². The van der Waals surface area contributed by atoms with Gasteiger partial charge in [-0.1, -0.05) is 58.8 Å². The number of rotatable bonds is 12. The van der Waals surface area contributed by atoms with Gasteiger partial charge < -0.3 is 4.74 Å². The molecule has 0 unspecified atom stereocenters. The second-order valence-corrected chi connectivity index (χ2v) is 13.6. The zero-order valence-electron chi connectivity index (χ0n) is 22.7. The number of carbonyl (C=O) groups excluding carboxylic acids is 1. The number of nitrogens with zero attached hydrogens (tertiary/aromatic N) is 2. The number of hydrogen-bond donors (Lipinski definition) is 0. The van der Waals surface area contributed by atoms with Gasteiger partial charge in [-0.05, 0) is 73.8 Å². The van der Waals surface area contributed by atoms with Gasteiger partial charge in [-0.15, -0.1) is 23.5 Å². The highest BCUT2D eigenvalue weighted by molar-refractivity contribution is 8.17. The number of thioether (sulfide) groups is 2. The predicted molar refractivity (Wildman–Crippen MR) is 158 cm³/mol. The first kappa shape index (κ1) is 28.5. The molecule has 1 aliphatic heterocycles. The topological polar surface area (TPSA) is 52.1 Å². The molecule has 1 saturated heterocycles. The average molecular weight is 541 g/mol. The van der Waals surface area contributed by atoms with Crippen LogP contribution in [0.25, 0.3) is 11.4 Å². The third kappa shape index (κ3) is 8.74. The van der Waals surface area contributed by atoms with Crippen LogP contribution in [0, 0.1) is 11.8 Å². The van der Waals surface area contributed by atoms with E-state index in [2.05, 4.69) is 23.8 Å². The van der Waals surface area contributed by atoms with Crippen LogP contribution in [0.4, 0.5) is 0 Å². The van der Waals surface area contributed by atoms with Crippen molar-refractivity contribution >= 4 is 29.5 Å². The maximum Gasteiger partial charge on any atom is 0.316 e.